The molecule has 0 spiro atoms. The summed E-state index contributed by atoms with van der Waals surface area (Å²) in [4.78, 5) is 0. The first-order valence-electron chi connectivity index (χ1n) is 6.21. The van der Waals surface area contributed by atoms with E-state index in [2.05, 4.69) is 0 Å². The molecule has 3 heteroatoms. The molecule has 3 nitrogen and oxygen atoms in total. The van der Waals surface area contributed by atoms with Gasteiger partial charge in [0.25, 0.3) is 0 Å². The Labute approximate surface area is 113 Å². The van der Waals surface area contributed by atoms with Crippen molar-refractivity contribution in [1.29, 1.82) is 0 Å². The highest BCUT2D eigenvalue weighted by Gasteiger charge is 2.13. The molecule has 0 heterocycles. The van der Waals surface area contributed by atoms with Crippen molar-refractivity contribution < 1.29 is 14.6 Å². The molecule has 0 saturated heterocycles. The largest absolute Gasteiger partial charge is 0.496 e. The van der Waals surface area contributed by atoms with Crippen LogP contribution in [0.3, 0.4) is 0 Å². The predicted octanol–water partition coefficient (Wildman–Crippen LogP) is 3.12. The van der Waals surface area contributed by atoms with Crippen LogP contribution in [0, 0.1) is 6.92 Å². The third kappa shape index (κ3) is 3.48. The summed E-state index contributed by atoms with van der Waals surface area (Å²) >= 11 is 0. The topological polar surface area (TPSA) is 38.7 Å². The Morgan fingerprint density at radius 1 is 1.05 bits per heavy atom. The van der Waals surface area contributed by atoms with Crippen LogP contribution >= 0.6 is 0 Å². The monoisotopic (exact) mass is 258 g/mol. The number of para-hydroxylation sites is 1. The number of aliphatic hydroxyl groups is 1. The number of ether oxygens (including phenoxy) is 2. The van der Waals surface area contributed by atoms with Gasteiger partial charge < -0.3 is 14.6 Å². The minimum Gasteiger partial charge on any atom is -0.496 e. The van der Waals surface area contributed by atoms with Crippen LogP contribution in [0.1, 0.15) is 17.2 Å². The van der Waals surface area contributed by atoms with Crippen molar-refractivity contribution in [2.24, 2.45) is 0 Å². The Kier molecular flexibility index (Phi) is 4.42. The van der Waals surface area contributed by atoms with Crippen molar-refractivity contribution in [3.8, 4) is 11.5 Å². The summed E-state index contributed by atoms with van der Waals surface area (Å²) in [7, 11) is 1.59. The van der Waals surface area contributed by atoms with Gasteiger partial charge >= 0.3 is 0 Å². The quantitative estimate of drug-likeness (QED) is 0.895. The lowest BCUT2D eigenvalue weighted by molar-refractivity contribution is 0.106. The summed E-state index contributed by atoms with van der Waals surface area (Å²) in [5.41, 5.74) is 1.91. The van der Waals surface area contributed by atoms with Crippen molar-refractivity contribution in [3.05, 3.63) is 59.7 Å². The minimum atomic E-state index is -0.711. The third-order valence-electron chi connectivity index (χ3n) is 2.93. The molecular formula is C16H18O3. The third-order valence-corrected chi connectivity index (χ3v) is 2.93. The van der Waals surface area contributed by atoms with Crippen LogP contribution in [0.4, 0.5) is 0 Å². The van der Waals surface area contributed by atoms with Crippen molar-refractivity contribution in [1.82, 2.24) is 0 Å². The van der Waals surface area contributed by atoms with E-state index >= 15 is 0 Å². The SMILES string of the molecule is COc1ccccc1C(O)COc1ccc(C)cc1. The Bertz CT molecular complexity index is 520. The molecule has 100 valence electrons. The van der Waals surface area contributed by atoms with E-state index in [1.165, 1.54) is 5.56 Å². The smallest absolute Gasteiger partial charge is 0.124 e. The molecule has 1 atom stereocenters. The molecule has 2 rings (SSSR count). The zero-order valence-corrected chi connectivity index (χ0v) is 11.2. The summed E-state index contributed by atoms with van der Waals surface area (Å²) in [5, 5.41) is 10.1. The number of methoxy groups -OCH3 is 1. The standard InChI is InChI=1S/C16H18O3/c1-12-7-9-13(10-8-12)19-11-15(17)14-5-3-4-6-16(14)18-2/h3-10,15,17H,11H2,1-2H3. The van der Waals surface area contributed by atoms with Gasteiger partial charge in [-0.2, -0.15) is 0 Å². The predicted molar refractivity (Wildman–Crippen MR) is 74.6 cm³/mol. The molecule has 0 aliphatic rings. The summed E-state index contributed by atoms with van der Waals surface area (Å²) in [6.45, 7) is 2.22. The van der Waals surface area contributed by atoms with Crippen molar-refractivity contribution in [3.63, 3.8) is 0 Å². The fourth-order valence-electron chi connectivity index (χ4n) is 1.84. The molecule has 0 saturated carbocycles. The Hall–Kier alpha value is -2.00. The van der Waals surface area contributed by atoms with Gasteiger partial charge in [0.05, 0.1) is 7.11 Å². The van der Waals surface area contributed by atoms with E-state index in [1.54, 1.807) is 7.11 Å². The number of aryl methyl sites for hydroxylation is 1. The number of hydrogen-bond acceptors (Lipinski definition) is 3. The Balaban J connectivity index is 2.01. The first kappa shape index (κ1) is 13.4. The van der Waals surface area contributed by atoms with Gasteiger partial charge in [0.2, 0.25) is 0 Å². The number of aliphatic hydroxyl groups excluding tert-OH is 1. The lowest BCUT2D eigenvalue weighted by Gasteiger charge is -2.15. The Morgan fingerprint density at radius 3 is 2.42 bits per heavy atom. The molecule has 0 bridgehead atoms. The molecule has 19 heavy (non-hydrogen) atoms. The zero-order valence-electron chi connectivity index (χ0n) is 11.2. The first-order valence-corrected chi connectivity index (χ1v) is 6.21. The maximum atomic E-state index is 10.1. The second kappa shape index (κ2) is 6.25. The lowest BCUT2D eigenvalue weighted by Crippen LogP contribution is -2.10. The number of rotatable bonds is 5. The van der Waals surface area contributed by atoms with E-state index in [4.69, 9.17) is 9.47 Å². The van der Waals surface area contributed by atoms with Gasteiger partial charge in [-0.1, -0.05) is 35.9 Å². The van der Waals surface area contributed by atoms with E-state index in [0.29, 0.717) is 5.75 Å². The molecule has 0 aliphatic carbocycles. The fraction of sp³-hybridized carbons (Fsp3) is 0.250. The van der Waals surface area contributed by atoms with Gasteiger partial charge in [0, 0.05) is 5.56 Å². The van der Waals surface area contributed by atoms with Crippen LogP contribution in [-0.2, 0) is 0 Å². The number of hydrogen-bond donors (Lipinski definition) is 1. The highest BCUT2D eigenvalue weighted by atomic mass is 16.5. The summed E-state index contributed by atoms with van der Waals surface area (Å²) in [6.07, 6.45) is -0.711. The molecule has 0 fully saturated rings. The molecule has 1 unspecified atom stereocenters. The van der Waals surface area contributed by atoms with Crippen molar-refractivity contribution in [2.75, 3.05) is 13.7 Å². The van der Waals surface area contributed by atoms with Crippen LogP contribution in [0.15, 0.2) is 48.5 Å². The summed E-state index contributed by atoms with van der Waals surface area (Å²) in [6, 6.07) is 15.1. The average molecular weight is 258 g/mol. The molecule has 0 aromatic heterocycles. The van der Waals surface area contributed by atoms with E-state index in [-0.39, 0.29) is 6.61 Å². The Morgan fingerprint density at radius 2 is 1.74 bits per heavy atom. The summed E-state index contributed by atoms with van der Waals surface area (Å²) < 4.78 is 10.8. The fourth-order valence-corrected chi connectivity index (χ4v) is 1.84. The molecule has 0 aliphatic heterocycles. The van der Waals surface area contributed by atoms with Gasteiger partial charge in [-0.15, -0.1) is 0 Å². The van der Waals surface area contributed by atoms with Crippen LogP contribution in [0.25, 0.3) is 0 Å². The normalized spacial score (nSPS) is 11.9. The molecule has 2 aromatic carbocycles. The van der Waals surface area contributed by atoms with Gasteiger partial charge in [-0.05, 0) is 25.1 Å². The molecule has 0 amide bonds. The van der Waals surface area contributed by atoms with Crippen LogP contribution in [0.5, 0.6) is 11.5 Å². The van der Waals surface area contributed by atoms with E-state index in [1.807, 2.05) is 55.5 Å². The van der Waals surface area contributed by atoms with Gasteiger partial charge in [-0.25, -0.2) is 0 Å². The second-order valence-electron chi connectivity index (χ2n) is 4.38. The maximum absolute atomic E-state index is 10.1. The molecule has 1 N–H and O–H groups in total. The highest BCUT2D eigenvalue weighted by Crippen LogP contribution is 2.25. The minimum absolute atomic E-state index is 0.198. The van der Waals surface area contributed by atoms with E-state index in [9.17, 15) is 5.11 Å². The van der Waals surface area contributed by atoms with Crippen LogP contribution in [-0.4, -0.2) is 18.8 Å². The van der Waals surface area contributed by atoms with Crippen LogP contribution in [0.2, 0.25) is 0 Å². The molecule has 0 radical (unpaired) electrons. The molecular weight excluding hydrogens is 240 g/mol. The maximum Gasteiger partial charge on any atom is 0.124 e. The first-order chi connectivity index (χ1) is 9.20. The van der Waals surface area contributed by atoms with Crippen molar-refractivity contribution >= 4 is 0 Å². The highest BCUT2D eigenvalue weighted by molar-refractivity contribution is 5.35. The number of benzene rings is 2. The lowest BCUT2D eigenvalue weighted by atomic mass is 10.1. The van der Waals surface area contributed by atoms with Gasteiger partial charge in [0.15, 0.2) is 0 Å². The van der Waals surface area contributed by atoms with Gasteiger partial charge in [0.1, 0.15) is 24.2 Å². The van der Waals surface area contributed by atoms with E-state index < -0.39 is 6.10 Å². The second-order valence-corrected chi connectivity index (χ2v) is 4.38. The van der Waals surface area contributed by atoms with Gasteiger partial charge in [-0.3, -0.25) is 0 Å². The summed E-state index contributed by atoms with van der Waals surface area (Å²) in [5.74, 6) is 1.42. The van der Waals surface area contributed by atoms with E-state index in [0.717, 1.165) is 11.3 Å². The average Bonchev–Trinajstić information content (AvgIpc) is 2.46. The van der Waals surface area contributed by atoms with Crippen molar-refractivity contribution in [2.45, 2.75) is 13.0 Å². The zero-order chi connectivity index (χ0) is 13.7. The molecule has 2 aromatic rings. The van der Waals surface area contributed by atoms with Crippen LogP contribution < -0.4 is 9.47 Å².